The van der Waals surface area contributed by atoms with E-state index in [-0.39, 0.29) is 18.2 Å². The number of unbranched alkanes of at least 4 members (excludes halogenated alkanes) is 1. The second-order valence-corrected chi connectivity index (χ2v) is 8.94. The molecule has 5 heteroatoms. The van der Waals surface area contributed by atoms with Crippen LogP contribution < -0.4 is 9.47 Å². The van der Waals surface area contributed by atoms with Gasteiger partial charge in [0.1, 0.15) is 23.9 Å². The van der Waals surface area contributed by atoms with Crippen molar-refractivity contribution in [1.82, 2.24) is 0 Å². The first-order valence-corrected chi connectivity index (χ1v) is 12.1. The van der Waals surface area contributed by atoms with E-state index in [0.29, 0.717) is 17.9 Å². The molecule has 0 spiro atoms. The Balaban J connectivity index is 1.57. The van der Waals surface area contributed by atoms with Crippen LogP contribution in [0.4, 0.5) is 4.39 Å². The summed E-state index contributed by atoms with van der Waals surface area (Å²) in [5.41, 5.74) is 5.47. The lowest BCUT2D eigenvalue weighted by Crippen LogP contribution is -2.03. The van der Waals surface area contributed by atoms with Crippen LogP contribution >= 0.6 is 0 Å². The molecular formula is C30H31FO4. The molecule has 0 radical (unpaired) electrons. The van der Waals surface area contributed by atoms with Crippen LogP contribution in [0.5, 0.6) is 11.5 Å². The molecule has 1 N–H and O–H groups in total. The molecule has 1 aliphatic carbocycles. The highest BCUT2D eigenvalue weighted by atomic mass is 19.1. The van der Waals surface area contributed by atoms with E-state index in [1.165, 1.54) is 11.6 Å². The van der Waals surface area contributed by atoms with Gasteiger partial charge in [0.2, 0.25) is 0 Å². The first-order valence-electron chi connectivity index (χ1n) is 12.1. The molecule has 3 aromatic carbocycles. The zero-order valence-corrected chi connectivity index (χ0v) is 20.2. The number of fused-ring (bicyclic) bond motifs is 1. The van der Waals surface area contributed by atoms with Gasteiger partial charge in [0.25, 0.3) is 0 Å². The Morgan fingerprint density at radius 2 is 1.91 bits per heavy atom. The quantitative estimate of drug-likeness (QED) is 0.333. The predicted octanol–water partition coefficient (Wildman–Crippen LogP) is 7.40. The van der Waals surface area contributed by atoms with Gasteiger partial charge < -0.3 is 14.6 Å². The number of carbonyl (C=O) groups is 1. The van der Waals surface area contributed by atoms with Crippen molar-refractivity contribution in [1.29, 1.82) is 0 Å². The maximum Gasteiger partial charge on any atom is 0.303 e. The zero-order valence-electron chi connectivity index (χ0n) is 20.2. The summed E-state index contributed by atoms with van der Waals surface area (Å²) in [5, 5.41) is 9.21. The normalized spacial score (nSPS) is 14.8. The average Bonchev–Trinajstić information content (AvgIpc) is 3.25. The molecule has 0 aliphatic heterocycles. The number of hydrogen-bond donors (Lipinski definition) is 1. The van der Waals surface area contributed by atoms with E-state index in [4.69, 9.17) is 9.47 Å². The minimum absolute atomic E-state index is 0.0402. The fourth-order valence-electron chi connectivity index (χ4n) is 4.65. The van der Waals surface area contributed by atoms with E-state index in [0.717, 1.165) is 53.7 Å². The molecule has 4 nitrogen and oxygen atoms in total. The molecule has 0 saturated heterocycles. The van der Waals surface area contributed by atoms with Gasteiger partial charge in [-0.25, -0.2) is 4.39 Å². The number of carboxylic acids is 1. The number of aliphatic carboxylic acids is 1. The Hall–Kier alpha value is -3.60. The van der Waals surface area contributed by atoms with Crippen LogP contribution in [0, 0.1) is 5.82 Å². The van der Waals surface area contributed by atoms with E-state index >= 15 is 0 Å². The Kier molecular flexibility index (Phi) is 7.86. The van der Waals surface area contributed by atoms with Crippen molar-refractivity contribution >= 4 is 12.0 Å². The highest BCUT2D eigenvalue weighted by Crippen LogP contribution is 2.38. The SMILES string of the molecule is CCC/C=C/c1cc(COc2ccc3c(c2)[C@@H](CC(=O)O)CC3)ccc1-c1cc(OC)ccc1F. The van der Waals surface area contributed by atoms with Crippen LogP contribution in [-0.4, -0.2) is 18.2 Å². The number of allylic oxidation sites excluding steroid dienone is 1. The number of methoxy groups -OCH3 is 1. The van der Waals surface area contributed by atoms with E-state index in [2.05, 4.69) is 13.0 Å². The van der Waals surface area contributed by atoms with E-state index in [9.17, 15) is 14.3 Å². The standard InChI is InChI=1S/C30H31FO4/c1-3-4-5-6-22-15-20(7-13-26(22)28-17-24(34-2)12-14-29(28)31)19-35-25-11-10-21-8-9-23(16-30(32)33)27(21)18-25/h5-7,10-15,17-18,23H,3-4,8-9,16,19H2,1-2H3,(H,32,33)/b6-5+/t23-/m1/s1. The van der Waals surface area contributed by atoms with E-state index in [1.54, 1.807) is 19.2 Å². The zero-order chi connectivity index (χ0) is 24.8. The van der Waals surface area contributed by atoms with Gasteiger partial charge in [-0.3, -0.25) is 4.79 Å². The Labute approximate surface area is 206 Å². The van der Waals surface area contributed by atoms with Crippen LogP contribution in [0.1, 0.15) is 60.8 Å². The number of ether oxygens (including phenoxy) is 2. The number of rotatable bonds is 10. The van der Waals surface area contributed by atoms with Crippen LogP contribution in [-0.2, 0) is 17.8 Å². The summed E-state index contributed by atoms with van der Waals surface area (Å²) >= 11 is 0. The van der Waals surface area contributed by atoms with Gasteiger partial charge in [-0.15, -0.1) is 0 Å². The summed E-state index contributed by atoms with van der Waals surface area (Å²) in [6.07, 6.45) is 8.02. The smallest absolute Gasteiger partial charge is 0.303 e. The van der Waals surface area contributed by atoms with Crippen LogP contribution in [0.2, 0.25) is 0 Å². The summed E-state index contributed by atoms with van der Waals surface area (Å²) in [6, 6.07) is 16.6. The number of carboxylic acid groups (broad SMARTS) is 1. The number of hydrogen-bond acceptors (Lipinski definition) is 3. The molecule has 0 amide bonds. The predicted molar refractivity (Wildman–Crippen MR) is 136 cm³/mol. The third-order valence-corrected chi connectivity index (χ3v) is 6.48. The highest BCUT2D eigenvalue weighted by Gasteiger charge is 2.25. The second kappa shape index (κ2) is 11.2. The molecule has 3 aromatic rings. The monoisotopic (exact) mass is 474 g/mol. The van der Waals surface area contributed by atoms with Gasteiger partial charge in [-0.05, 0) is 89.4 Å². The maximum atomic E-state index is 14.7. The molecule has 0 bridgehead atoms. The summed E-state index contributed by atoms with van der Waals surface area (Å²) in [6.45, 7) is 2.48. The van der Waals surface area contributed by atoms with Gasteiger partial charge in [0, 0.05) is 5.56 Å². The molecule has 0 saturated carbocycles. The Bertz CT molecular complexity index is 1230. The topological polar surface area (TPSA) is 55.8 Å². The van der Waals surface area contributed by atoms with E-state index in [1.807, 2.05) is 42.5 Å². The van der Waals surface area contributed by atoms with Crippen molar-refractivity contribution in [3.8, 4) is 22.6 Å². The lowest BCUT2D eigenvalue weighted by Gasteiger charge is -2.14. The average molecular weight is 475 g/mol. The number of benzene rings is 3. The van der Waals surface area contributed by atoms with Crippen LogP contribution in [0.3, 0.4) is 0 Å². The summed E-state index contributed by atoms with van der Waals surface area (Å²) in [7, 11) is 1.57. The minimum Gasteiger partial charge on any atom is -0.497 e. The molecule has 182 valence electrons. The molecular weight excluding hydrogens is 443 g/mol. The third-order valence-electron chi connectivity index (χ3n) is 6.48. The van der Waals surface area contributed by atoms with Gasteiger partial charge in [0.15, 0.2) is 0 Å². The van der Waals surface area contributed by atoms with Gasteiger partial charge in [0.05, 0.1) is 13.5 Å². The first-order chi connectivity index (χ1) is 17.0. The molecule has 35 heavy (non-hydrogen) atoms. The molecule has 0 fully saturated rings. The van der Waals surface area contributed by atoms with Crippen molar-refractivity contribution in [3.63, 3.8) is 0 Å². The maximum absolute atomic E-state index is 14.7. The Morgan fingerprint density at radius 1 is 1.09 bits per heavy atom. The number of halogens is 1. The molecule has 1 aliphatic rings. The van der Waals surface area contributed by atoms with Gasteiger partial charge in [-0.2, -0.15) is 0 Å². The number of aryl methyl sites for hydroxylation is 1. The fourth-order valence-corrected chi connectivity index (χ4v) is 4.65. The van der Waals surface area contributed by atoms with Crippen molar-refractivity contribution in [2.24, 2.45) is 0 Å². The lowest BCUT2D eigenvalue weighted by molar-refractivity contribution is -0.137. The summed E-state index contributed by atoms with van der Waals surface area (Å²) in [5.74, 6) is 0.305. The van der Waals surface area contributed by atoms with Crippen molar-refractivity contribution in [3.05, 3.63) is 88.7 Å². The van der Waals surface area contributed by atoms with Crippen molar-refractivity contribution < 1.29 is 23.8 Å². The summed E-state index contributed by atoms with van der Waals surface area (Å²) < 4.78 is 26.1. The van der Waals surface area contributed by atoms with Gasteiger partial charge in [-0.1, -0.05) is 43.7 Å². The minimum atomic E-state index is -0.773. The first kappa shape index (κ1) is 24.5. The fraction of sp³-hybridized carbons (Fsp3) is 0.300. The highest BCUT2D eigenvalue weighted by molar-refractivity contribution is 5.77. The molecule has 1 atom stereocenters. The second-order valence-electron chi connectivity index (χ2n) is 8.94. The Morgan fingerprint density at radius 3 is 2.69 bits per heavy atom. The van der Waals surface area contributed by atoms with Crippen LogP contribution in [0.15, 0.2) is 60.7 Å². The molecule has 4 rings (SSSR count). The lowest BCUT2D eigenvalue weighted by atomic mass is 9.96. The molecule has 0 unspecified atom stereocenters. The van der Waals surface area contributed by atoms with Crippen LogP contribution in [0.25, 0.3) is 17.2 Å². The van der Waals surface area contributed by atoms with E-state index < -0.39 is 5.97 Å². The van der Waals surface area contributed by atoms with Gasteiger partial charge >= 0.3 is 5.97 Å². The van der Waals surface area contributed by atoms with Crippen molar-refractivity contribution in [2.75, 3.05) is 7.11 Å². The summed E-state index contributed by atoms with van der Waals surface area (Å²) in [4.78, 5) is 11.2. The molecule has 0 heterocycles. The third kappa shape index (κ3) is 5.91. The van der Waals surface area contributed by atoms with Crippen molar-refractivity contribution in [2.45, 2.75) is 51.6 Å². The largest absolute Gasteiger partial charge is 0.497 e. The molecule has 0 aromatic heterocycles.